The number of urea groups is 1. The van der Waals surface area contributed by atoms with Gasteiger partial charge in [-0.2, -0.15) is 0 Å². The van der Waals surface area contributed by atoms with E-state index in [4.69, 9.17) is 0 Å². The van der Waals surface area contributed by atoms with E-state index >= 15 is 0 Å². The number of rotatable bonds is 4. The number of nitrogens with zero attached hydrogens (tertiary/aromatic N) is 2. The molecule has 0 aromatic heterocycles. The summed E-state index contributed by atoms with van der Waals surface area (Å²) in [6.07, 6.45) is 9.07. The average Bonchev–Trinajstić information content (AvgIpc) is 3.25. The Kier molecular flexibility index (Phi) is 3.81. The molecule has 5 fully saturated rings. The molecule has 0 atom stereocenters. The zero-order chi connectivity index (χ0) is 20.6. The van der Waals surface area contributed by atoms with Crippen LogP contribution in [0.25, 0.3) is 0 Å². The lowest BCUT2D eigenvalue weighted by Gasteiger charge is -2.58. The van der Waals surface area contributed by atoms with Crippen molar-refractivity contribution in [2.75, 3.05) is 6.54 Å². The van der Waals surface area contributed by atoms with Crippen LogP contribution in [0.1, 0.15) is 66.4 Å². The van der Waals surface area contributed by atoms with Crippen molar-refractivity contribution < 1.29 is 19.2 Å². The van der Waals surface area contributed by atoms with Gasteiger partial charge in [-0.15, -0.1) is 0 Å². The minimum Gasteiger partial charge on any atom is -0.292 e. The summed E-state index contributed by atoms with van der Waals surface area (Å²) in [5.41, 5.74) is 2.44. The summed E-state index contributed by atoms with van der Waals surface area (Å²) < 4.78 is 0. The van der Waals surface area contributed by atoms with Gasteiger partial charge in [-0.05, 0) is 92.7 Å². The lowest BCUT2D eigenvalue weighted by molar-refractivity contribution is -0.149. The first kappa shape index (κ1) is 18.3. The molecular formula is C24H26N2O4. The van der Waals surface area contributed by atoms with Gasteiger partial charge < -0.3 is 0 Å². The van der Waals surface area contributed by atoms with Gasteiger partial charge in [0.05, 0.1) is 12.1 Å². The molecule has 156 valence electrons. The zero-order valence-corrected chi connectivity index (χ0v) is 17.1. The first-order valence-corrected chi connectivity index (χ1v) is 11.3. The second-order valence-corrected chi connectivity index (χ2v) is 10.2. The van der Waals surface area contributed by atoms with Crippen molar-refractivity contribution in [2.45, 2.75) is 63.3 Å². The first-order valence-electron chi connectivity index (χ1n) is 11.3. The molecule has 5 aliphatic carbocycles. The van der Waals surface area contributed by atoms with Gasteiger partial charge in [-0.25, -0.2) is 14.6 Å². The van der Waals surface area contributed by atoms with Crippen LogP contribution in [0.3, 0.4) is 0 Å². The molecule has 7 rings (SSSR count). The fourth-order valence-electron chi connectivity index (χ4n) is 7.38. The summed E-state index contributed by atoms with van der Waals surface area (Å²) in [5, 5.41) is 0. The predicted octanol–water partition coefficient (Wildman–Crippen LogP) is 3.12. The maximum atomic E-state index is 13.3. The van der Waals surface area contributed by atoms with Crippen LogP contribution in [0.15, 0.2) is 18.2 Å². The van der Waals surface area contributed by atoms with Crippen molar-refractivity contribution in [3.8, 4) is 0 Å². The van der Waals surface area contributed by atoms with Crippen LogP contribution in [0.2, 0.25) is 0 Å². The van der Waals surface area contributed by atoms with E-state index in [1.165, 1.54) is 35.3 Å². The molecule has 1 aromatic carbocycles. The van der Waals surface area contributed by atoms with E-state index < -0.39 is 23.4 Å². The molecule has 0 radical (unpaired) electrons. The molecule has 6 aliphatic rings. The van der Waals surface area contributed by atoms with Crippen LogP contribution >= 0.6 is 0 Å². The topological polar surface area (TPSA) is 74.8 Å². The maximum absolute atomic E-state index is 13.3. The smallest absolute Gasteiger partial charge is 0.292 e. The van der Waals surface area contributed by atoms with E-state index in [9.17, 15) is 19.2 Å². The van der Waals surface area contributed by atoms with Crippen LogP contribution in [0.5, 0.6) is 0 Å². The van der Waals surface area contributed by atoms with Crippen LogP contribution in [0, 0.1) is 17.8 Å². The molecule has 1 aliphatic heterocycles. The lowest BCUT2D eigenvalue weighted by Crippen LogP contribution is -2.62. The number of carbonyl (C=O) groups excluding carboxylic acids is 4. The van der Waals surface area contributed by atoms with Crippen molar-refractivity contribution >= 4 is 23.6 Å². The monoisotopic (exact) mass is 406 g/mol. The number of imide groups is 2. The number of aryl methyl sites for hydroxylation is 2. The highest BCUT2D eigenvalue weighted by Gasteiger charge is 2.61. The Labute approximate surface area is 175 Å². The van der Waals surface area contributed by atoms with Crippen molar-refractivity contribution in [1.82, 2.24) is 9.80 Å². The number of hydrogen-bond acceptors (Lipinski definition) is 4. The van der Waals surface area contributed by atoms with Crippen molar-refractivity contribution in [3.05, 3.63) is 34.9 Å². The van der Waals surface area contributed by atoms with Gasteiger partial charge >= 0.3 is 17.8 Å². The number of benzene rings is 1. The summed E-state index contributed by atoms with van der Waals surface area (Å²) in [7, 11) is 0. The van der Waals surface area contributed by atoms with E-state index in [1.54, 1.807) is 6.07 Å². The summed E-state index contributed by atoms with van der Waals surface area (Å²) in [4.78, 5) is 53.9. The minimum atomic E-state index is -0.842. The quantitative estimate of drug-likeness (QED) is 0.437. The second-order valence-electron chi connectivity index (χ2n) is 10.2. The summed E-state index contributed by atoms with van der Waals surface area (Å²) >= 11 is 0. The highest BCUT2D eigenvalue weighted by Crippen LogP contribution is 2.58. The average molecular weight is 406 g/mol. The predicted molar refractivity (Wildman–Crippen MR) is 108 cm³/mol. The third-order valence-corrected chi connectivity index (χ3v) is 8.26. The Morgan fingerprint density at radius 1 is 0.900 bits per heavy atom. The fourth-order valence-corrected chi connectivity index (χ4v) is 7.38. The number of amides is 4. The molecule has 0 spiro atoms. The van der Waals surface area contributed by atoms with Gasteiger partial charge in [0.15, 0.2) is 5.78 Å². The SMILES string of the molecule is O=C(CN1C(=O)C(=O)N(C23CC4CC(CC(C4)C2)C3)C1=O)c1ccc2c(c1)CCC2. The molecule has 0 N–H and O–H groups in total. The number of carbonyl (C=O) groups is 4. The van der Waals surface area contributed by atoms with Gasteiger partial charge in [-0.1, -0.05) is 12.1 Å². The molecule has 6 heteroatoms. The molecule has 1 saturated heterocycles. The fraction of sp³-hybridized carbons (Fsp3) is 0.583. The van der Waals surface area contributed by atoms with Gasteiger partial charge in [0.1, 0.15) is 0 Å². The summed E-state index contributed by atoms with van der Waals surface area (Å²) in [5.74, 6) is -0.210. The van der Waals surface area contributed by atoms with Gasteiger partial charge in [0, 0.05) is 5.56 Å². The molecular weight excluding hydrogens is 380 g/mol. The standard InChI is InChI=1S/C24H26N2O4/c27-20(19-5-4-17-2-1-3-18(17)9-19)13-25-21(28)22(29)26(23(25)30)24-10-14-6-15(11-24)8-16(7-14)12-24/h4-5,9,14-16H,1-3,6-8,10-13H2. The van der Waals surface area contributed by atoms with Gasteiger partial charge in [0.25, 0.3) is 0 Å². The Morgan fingerprint density at radius 3 is 2.20 bits per heavy atom. The van der Waals surface area contributed by atoms with Crippen LogP contribution in [-0.2, 0) is 22.4 Å². The Morgan fingerprint density at radius 2 is 1.53 bits per heavy atom. The lowest BCUT2D eigenvalue weighted by atomic mass is 9.52. The highest BCUT2D eigenvalue weighted by molar-refractivity contribution is 6.45. The van der Waals surface area contributed by atoms with E-state index in [2.05, 4.69) is 0 Å². The Hall–Kier alpha value is -2.50. The molecule has 0 unspecified atom stereocenters. The molecule has 4 saturated carbocycles. The highest BCUT2D eigenvalue weighted by atomic mass is 16.2. The van der Waals surface area contributed by atoms with E-state index in [0.717, 1.165) is 43.4 Å². The Bertz CT molecular complexity index is 962. The van der Waals surface area contributed by atoms with Crippen LogP contribution < -0.4 is 0 Å². The van der Waals surface area contributed by atoms with E-state index in [0.29, 0.717) is 23.3 Å². The largest absolute Gasteiger partial charge is 0.335 e. The molecule has 1 heterocycles. The maximum Gasteiger partial charge on any atom is 0.335 e. The van der Waals surface area contributed by atoms with E-state index in [1.807, 2.05) is 12.1 Å². The van der Waals surface area contributed by atoms with E-state index in [-0.39, 0.29) is 12.3 Å². The molecule has 30 heavy (non-hydrogen) atoms. The second kappa shape index (κ2) is 6.25. The molecule has 4 amide bonds. The van der Waals surface area contributed by atoms with Crippen LogP contribution in [-0.4, -0.2) is 45.5 Å². The first-order chi connectivity index (χ1) is 14.4. The number of ketones is 1. The molecule has 6 nitrogen and oxygen atoms in total. The Balaban J connectivity index is 1.25. The third-order valence-electron chi connectivity index (χ3n) is 8.26. The number of hydrogen-bond donors (Lipinski definition) is 0. The molecule has 4 bridgehead atoms. The number of Topliss-reactive ketones (excluding diaryl/α,β-unsaturated/α-hetero) is 1. The van der Waals surface area contributed by atoms with Crippen molar-refractivity contribution in [1.29, 1.82) is 0 Å². The van der Waals surface area contributed by atoms with Gasteiger partial charge in [0.2, 0.25) is 0 Å². The zero-order valence-electron chi connectivity index (χ0n) is 17.1. The summed E-state index contributed by atoms with van der Waals surface area (Å²) in [6, 6.07) is 5.04. The van der Waals surface area contributed by atoms with Gasteiger partial charge in [-0.3, -0.25) is 14.4 Å². The third kappa shape index (κ3) is 2.55. The van der Waals surface area contributed by atoms with Crippen molar-refractivity contribution in [2.24, 2.45) is 17.8 Å². The normalized spacial score (nSPS) is 34.3. The summed E-state index contributed by atoms with van der Waals surface area (Å²) in [6.45, 7) is -0.356. The van der Waals surface area contributed by atoms with Crippen molar-refractivity contribution in [3.63, 3.8) is 0 Å². The number of fused-ring (bicyclic) bond motifs is 1. The molecule has 1 aromatic rings. The van der Waals surface area contributed by atoms with Crippen LogP contribution in [0.4, 0.5) is 4.79 Å². The minimum absolute atomic E-state index is 0.286.